The minimum atomic E-state index is -0.393. The Morgan fingerprint density at radius 3 is 2.69 bits per heavy atom. The second-order valence-electron chi connectivity index (χ2n) is 5.51. The van der Waals surface area contributed by atoms with Crippen LogP contribution in [0.15, 0.2) is 0 Å². The monoisotopic (exact) mass is 224 g/mol. The summed E-state index contributed by atoms with van der Waals surface area (Å²) < 4.78 is 0. The Labute approximate surface area is 98.2 Å². The van der Waals surface area contributed by atoms with E-state index in [2.05, 4.69) is 12.2 Å². The van der Waals surface area contributed by atoms with Crippen molar-refractivity contribution in [2.45, 2.75) is 57.4 Å². The van der Waals surface area contributed by atoms with Gasteiger partial charge < -0.3 is 11.1 Å². The molecule has 3 N–H and O–H groups in total. The van der Waals surface area contributed by atoms with Gasteiger partial charge in [-0.15, -0.1) is 0 Å². The molecule has 0 aromatic heterocycles. The molecule has 0 bridgehead atoms. The Bertz CT molecular complexity index is 263. The molecule has 1 amide bonds. The molecule has 92 valence electrons. The maximum Gasteiger partial charge on any atom is 0.238 e. The minimum absolute atomic E-state index is 0.125. The van der Waals surface area contributed by atoms with Crippen molar-refractivity contribution in [3.8, 4) is 0 Å². The van der Waals surface area contributed by atoms with Crippen molar-refractivity contribution < 1.29 is 4.79 Å². The smallest absolute Gasteiger partial charge is 0.238 e. The third-order valence-electron chi connectivity index (χ3n) is 4.41. The number of carbonyl (C=O) groups is 1. The molecule has 2 fully saturated rings. The molecule has 2 unspecified atom stereocenters. The van der Waals surface area contributed by atoms with Gasteiger partial charge in [0.15, 0.2) is 0 Å². The molecule has 0 aromatic rings. The van der Waals surface area contributed by atoms with Crippen molar-refractivity contribution in [1.29, 1.82) is 0 Å². The molecule has 2 aliphatic carbocycles. The third-order valence-corrected chi connectivity index (χ3v) is 4.41. The summed E-state index contributed by atoms with van der Waals surface area (Å²) in [6, 6.07) is 0. The maximum atomic E-state index is 11.8. The summed E-state index contributed by atoms with van der Waals surface area (Å²) in [5.41, 5.74) is 5.28. The van der Waals surface area contributed by atoms with Crippen molar-refractivity contribution in [2.75, 3.05) is 6.54 Å². The van der Waals surface area contributed by atoms with E-state index in [0.717, 1.165) is 38.1 Å². The quantitative estimate of drug-likeness (QED) is 0.748. The van der Waals surface area contributed by atoms with Crippen molar-refractivity contribution in [1.82, 2.24) is 5.32 Å². The standard InChI is InChI=1S/C13H24N2O/c1-2-11-5-3-4-8-13(11,12(14)16)15-9-10-6-7-10/h10-11,15H,2-9H2,1H3,(H2,14,16). The van der Waals surface area contributed by atoms with Gasteiger partial charge in [0.1, 0.15) is 5.54 Å². The Morgan fingerprint density at radius 1 is 1.38 bits per heavy atom. The van der Waals surface area contributed by atoms with Crippen LogP contribution in [0.3, 0.4) is 0 Å². The first-order valence-corrected chi connectivity index (χ1v) is 6.74. The highest BCUT2D eigenvalue weighted by molar-refractivity contribution is 5.85. The van der Waals surface area contributed by atoms with Gasteiger partial charge >= 0.3 is 0 Å². The van der Waals surface area contributed by atoms with Gasteiger partial charge in [0.25, 0.3) is 0 Å². The van der Waals surface area contributed by atoms with Crippen molar-refractivity contribution in [3.05, 3.63) is 0 Å². The van der Waals surface area contributed by atoms with Gasteiger partial charge in [0.2, 0.25) is 5.91 Å². The van der Waals surface area contributed by atoms with E-state index in [0.29, 0.717) is 5.92 Å². The SMILES string of the molecule is CCC1CCCCC1(NCC1CC1)C(N)=O. The lowest BCUT2D eigenvalue weighted by atomic mass is 9.71. The highest BCUT2D eigenvalue weighted by Gasteiger charge is 2.45. The van der Waals surface area contributed by atoms with E-state index in [1.165, 1.54) is 19.3 Å². The first-order valence-electron chi connectivity index (χ1n) is 6.74. The first kappa shape index (κ1) is 11.9. The fourth-order valence-electron chi connectivity index (χ4n) is 3.09. The zero-order valence-corrected chi connectivity index (χ0v) is 10.3. The molecule has 0 spiro atoms. The molecule has 2 saturated carbocycles. The normalized spacial score (nSPS) is 34.9. The highest BCUT2D eigenvalue weighted by atomic mass is 16.1. The van der Waals surface area contributed by atoms with E-state index in [4.69, 9.17) is 5.73 Å². The Morgan fingerprint density at radius 2 is 2.12 bits per heavy atom. The molecule has 0 heterocycles. The maximum absolute atomic E-state index is 11.8. The van der Waals surface area contributed by atoms with E-state index >= 15 is 0 Å². The van der Waals surface area contributed by atoms with Crippen LogP contribution in [0.25, 0.3) is 0 Å². The van der Waals surface area contributed by atoms with Crippen molar-refractivity contribution >= 4 is 5.91 Å². The van der Waals surface area contributed by atoms with Crippen molar-refractivity contribution in [2.24, 2.45) is 17.6 Å². The van der Waals surface area contributed by atoms with Crippen LogP contribution in [-0.2, 0) is 4.79 Å². The predicted molar refractivity (Wildman–Crippen MR) is 64.9 cm³/mol. The summed E-state index contributed by atoms with van der Waals surface area (Å²) in [4.78, 5) is 11.8. The molecule has 2 aliphatic rings. The van der Waals surface area contributed by atoms with Gasteiger partial charge in [-0.05, 0) is 44.1 Å². The summed E-state index contributed by atoms with van der Waals surface area (Å²) in [5.74, 6) is 1.12. The fraction of sp³-hybridized carbons (Fsp3) is 0.923. The zero-order valence-electron chi connectivity index (χ0n) is 10.3. The van der Waals surface area contributed by atoms with Crippen LogP contribution in [0.5, 0.6) is 0 Å². The van der Waals surface area contributed by atoms with Crippen molar-refractivity contribution in [3.63, 3.8) is 0 Å². The largest absolute Gasteiger partial charge is 0.368 e. The summed E-state index contributed by atoms with van der Waals surface area (Å²) >= 11 is 0. The summed E-state index contributed by atoms with van der Waals surface area (Å²) in [7, 11) is 0. The lowest BCUT2D eigenvalue weighted by Gasteiger charge is -2.42. The Kier molecular flexibility index (Phi) is 3.53. The number of hydrogen-bond donors (Lipinski definition) is 2. The molecule has 0 radical (unpaired) electrons. The van der Waals surface area contributed by atoms with Crippen LogP contribution < -0.4 is 11.1 Å². The number of primary amides is 1. The van der Waals surface area contributed by atoms with E-state index in [1.807, 2.05) is 0 Å². The van der Waals surface area contributed by atoms with Gasteiger partial charge in [0.05, 0.1) is 0 Å². The van der Waals surface area contributed by atoms with Crippen LogP contribution in [0.1, 0.15) is 51.9 Å². The number of nitrogens with two attached hydrogens (primary N) is 1. The lowest BCUT2D eigenvalue weighted by molar-refractivity contribution is -0.128. The lowest BCUT2D eigenvalue weighted by Crippen LogP contribution is -2.61. The van der Waals surface area contributed by atoms with Gasteiger partial charge in [-0.2, -0.15) is 0 Å². The molecule has 2 atom stereocenters. The van der Waals surface area contributed by atoms with Crippen LogP contribution in [-0.4, -0.2) is 18.0 Å². The second kappa shape index (κ2) is 4.74. The van der Waals surface area contributed by atoms with Crippen LogP contribution in [0.4, 0.5) is 0 Å². The molecular formula is C13H24N2O. The van der Waals surface area contributed by atoms with E-state index in [-0.39, 0.29) is 5.91 Å². The molecule has 0 aromatic carbocycles. The molecule has 3 heteroatoms. The van der Waals surface area contributed by atoms with Crippen LogP contribution in [0.2, 0.25) is 0 Å². The summed E-state index contributed by atoms with van der Waals surface area (Å²) in [6.07, 6.45) is 8.16. The average molecular weight is 224 g/mol. The Hall–Kier alpha value is -0.570. The number of hydrogen-bond acceptors (Lipinski definition) is 2. The van der Waals surface area contributed by atoms with Gasteiger partial charge in [-0.1, -0.05) is 26.2 Å². The molecular weight excluding hydrogens is 200 g/mol. The molecule has 2 rings (SSSR count). The molecule has 0 aliphatic heterocycles. The fourth-order valence-corrected chi connectivity index (χ4v) is 3.09. The van der Waals surface area contributed by atoms with Crippen LogP contribution >= 0.6 is 0 Å². The van der Waals surface area contributed by atoms with Gasteiger partial charge in [0, 0.05) is 0 Å². The highest BCUT2D eigenvalue weighted by Crippen LogP contribution is 2.37. The number of carbonyl (C=O) groups excluding carboxylic acids is 1. The van der Waals surface area contributed by atoms with E-state index < -0.39 is 5.54 Å². The second-order valence-corrected chi connectivity index (χ2v) is 5.51. The average Bonchev–Trinajstić information content (AvgIpc) is 3.10. The molecule has 0 saturated heterocycles. The zero-order chi connectivity index (χ0) is 11.6. The number of rotatable bonds is 5. The summed E-state index contributed by atoms with van der Waals surface area (Å²) in [6.45, 7) is 3.16. The number of nitrogens with one attached hydrogen (secondary N) is 1. The first-order chi connectivity index (χ1) is 7.69. The van der Waals surface area contributed by atoms with E-state index in [1.54, 1.807) is 0 Å². The summed E-state index contributed by atoms with van der Waals surface area (Å²) in [5, 5.41) is 3.52. The minimum Gasteiger partial charge on any atom is -0.368 e. The Balaban J connectivity index is 2.06. The molecule has 16 heavy (non-hydrogen) atoms. The van der Waals surface area contributed by atoms with Gasteiger partial charge in [-0.3, -0.25) is 4.79 Å². The van der Waals surface area contributed by atoms with Crippen LogP contribution in [0, 0.1) is 11.8 Å². The van der Waals surface area contributed by atoms with Gasteiger partial charge in [-0.25, -0.2) is 0 Å². The van der Waals surface area contributed by atoms with E-state index in [9.17, 15) is 4.79 Å². The topological polar surface area (TPSA) is 55.1 Å². The number of amides is 1. The third kappa shape index (κ3) is 2.24. The molecule has 3 nitrogen and oxygen atoms in total. The predicted octanol–water partition coefficient (Wildman–Crippen LogP) is 1.81.